The summed E-state index contributed by atoms with van der Waals surface area (Å²) in [5.74, 6) is 1.14. The van der Waals surface area contributed by atoms with Gasteiger partial charge in [-0.25, -0.2) is 4.39 Å². The Morgan fingerprint density at radius 1 is 1.00 bits per heavy atom. The van der Waals surface area contributed by atoms with Crippen molar-refractivity contribution in [2.24, 2.45) is 0 Å². The van der Waals surface area contributed by atoms with Crippen LogP contribution in [0.25, 0.3) is 11.3 Å². The van der Waals surface area contributed by atoms with Crippen LogP contribution in [0.3, 0.4) is 0 Å². The average Bonchev–Trinajstić information content (AvgIpc) is 3.20. The van der Waals surface area contributed by atoms with Gasteiger partial charge in [0, 0.05) is 17.5 Å². The van der Waals surface area contributed by atoms with E-state index in [0.29, 0.717) is 29.3 Å². The second kappa shape index (κ2) is 8.99. The zero-order valence-electron chi connectivity index (χ0n) is 15.4. The first kappa shape index (κ1) is 19.4. The zero-order chi connectivity index (χ0) is 19.9. The van der Waals surface area contributed by atoms with Crippen LogP contribution in [-0.2, 0) is 11.3 Å². The third-order valence-corrected chi connectivity index (χ3v) is 4.12. The Hall–Kier alpha value is -3.41. The standard InChI is InChI=1S/C22H20FNO4/c1-2-20(25)15-5-9-18(10-6-15)27-14-22(26)24-13-19-11-12-21(28-19)16-3-7-17(23)8-4-16/h3-12H,2,13-14H2,1H3,(H,24,26). The van der Waals surface area contributed by atoms with Crippen LogP contribution in [0.15, 0.2) is 65.1 Å². The molecular formula is C22H20FNO4. The van der Waals surface area contributed by atoms with Crippen molar-refractivity contribution in [2.45, 2.75) is 19.9 Å². The lowest BCUT2D eigenvalue weighted by Gasteiger charge is -2.07. The highest BCUT2D eigenvalue weighted by molar-refractivity contribution is 5.95. The van der Waals surface area contributed by atoms with Crippen molar-refractivity contribution in [2.75, 3.05) is 6.61 Å². The van der Waals surface area contributed by atoms with Gasteiger partial charge in [-0.3, -0.25) is 9.59 Å². The van der Waals surface area contributed by atoms with Gasteiger partial charge in [0.05, 0.1) is 6.54 Å². The van der Waals surface area contributed by atoms with Crippen LogP contribution in [0.1, 0.15) is 29.5 Å². The molecule has 0 saturated heterocycles. The van der Waals surface area contributed by atoms with Gasteiger partial charge < -0.3 is 14.5 Å². The van der Waals surface area contributed by atoms with E-state index in [9.17, 15) is 14.0 Å². The topological polar surface area (TPSA) is 68.5 Å². The van der Waals surface area contributed by atoms with Crippen molar-refractivity contribution in [1.29, 1.82) is 0 Å². The van der Waals surface area contributed by atoms with Gasteiger partial charge >= 0.3 is 0 Å². The molecule has 2 aromatic carbocycles. The van der Waals surface area contributed by atoms with Crippen LogP contribution < -0.4 is 10.1 Å². The number of hydrogen-bond donors (Lipinski definition) is 1. The number of Topliss-reactive ketones (excluding diaryl/α,β-unsaturated/α-hetero) is 1. The number of nitrogens with one attached hydrogen (secondary N) is 1. The van der Waals surface area contributed by atoms with Crippen molar-refractivity contribution in [3.8, 4) is 17.1 Å². The molecule has 3 rings (SSSR count). The number of furan rings is 1. The van der Waals surface area contributed by atoms with E-state index in [1.54, 1.807) is 55.5 Å². The molecule has 0 saturated carbocycles. The minimum absolute atomic E-state index is 0.0581. The predicted octanol–water partition coefficient (Wildman–Crippen LogP) is 4.37. The van der Waals surface area contributed by atoms with E-state index in [2.05, 4.69) is 5.32 Å². The van der Waals surface area contributed by atoms with E-state index in [4.69, 9.17) is 9.15 Å². The van der Waals surface area contributed by atoms with Gasteiger partial charge in [0.25, 0.3) is 5.91 Å². The maximum atomic E-state index is 13.0. The molecule has 0 aliphatic carbocycles. The number of hydrogen-bond acceptors (Lipinski definition) is 4. The molecule has 6 heteroatoms. The fraction of sp³-hybridized carbons (Fsp3) is 0.182. The molecule has 0 radical (unpaired) electrons. The maximum absolute atomic E-state index is 13.0. The summed E-state index contributed by atoms with van der Waals surface area (Å²) < 4.78 is 24.1. The molecule has 0 spiro atoms. The molecule has 0 atom stereocenters. The summed E-state index contributed by atoms with van der Waals surface area (Å²) in [6.45, 7) is 1.87. The molecule has 3 aromatic rings. The molecule has 0 aliphatic heterocycles. The monoisotopic (exact) mass is 381 g/mol. The number of benzene rings is 2. The third-order valence-electron chi connectivity index (χ3n) is 4.12. The van der Waals surface area contributed by atoms with Gasteiger partial charge in [-0.1, -0.05) is 6.92 Å². The summed E-state index contributed by atoms with van der Waals surface area (Å²) in [5.41, 5.74) is 1.38. The van der Waals surface area contributed by atoms with Gasteiger partial charge in [0.15, 0.2) is 12.4 Å². The molecular weight excluding hydrogens is 361 g/mol. The molecule has 1 aromatic heterocycles. The van der Waals surface area contributed by atoms with Gasteiger partial charge in [0.1, 0.15) is 23.1 Å². The predicted molar refractivity (Wildman–Crippen MR) is 103 cm³/mol. The number of rotatable bonds is 8. The number of halogens is 1. The minimum atomic E-state index is -0.311. The smallest absolute Gasteiger partial charge is 0.258 e. The zero-order valence-corrected chi connectivity index (χ0v) is 15.4. The highest BCUT2D eigenvalue weighted by atomic mass is 19.1. The van der Waals surface area contributed by atoms with E-state index < -0.39 is 0 Å². The molecule has 28 heavy (non-hydrogen) atoms. The Labute approximate surface area is 162 Å². The fourth-order valence-corrected chi connectivity index (χ4v) is 2.57. The lowest BCUT2D eigenvalue weighted by atomic mass is 10.1. The highest BCUT2D eigenvalue weighted by Crippen LogP contribution is 2.22. The van der Waals surface area contributed by atoms with Crippen molar-refractivity contribution in [3.63, 3.8) is 0 Å². The fourth-order valence-electron chi connectivity index (χ4n) is 2.57. The molecule has 0 bridgehead atoms. The van der Waals surface area contributed by atoms with Crippen LogP contribution in [0, 0.1) is 5.82 Å². The molecule has 1 N–H and O–H groups in total. The van der Waals surface area contributed by atoms with Crippen LogP contribution in [0.5, 0.6) is 5.75 Å². The van der Waals surface area contributed by atoms with E-state index in [1.165, 1.54) is 12.1 Å². The molecule has 144 valence electrons. The summed E-state index contributed by atoms with van der Waals surface area (Å²) in [6.07, 6.45) is 0.443. The third kappa shape index (κ3) is 5.07. The number of amides is 1. The highest BCUT2D eigenvalue weighted by Gasteiger charge is 2.08. The van der Waals surface area contributed by atoms with Gasteiger partial charge in [-0.2, -0.15) is 0 Å². The van der Waals surface area contributed by atoms with Gasteiger partial charge in [0.2, 0.25) is 0 Å². The second-order valence-corrected chi connectivity index (χ2v) is 6.14. The van der Waals surface area contributed by atoms with Crippen molar-refractivity contribution in [1.82, 2.24) is 5.32 Å². The summed E-state index contributed by atoms with van der Waals surface area (Å²) in [4.78, 5) is 23.5. The Morgan fingerprint density at radius 2 is 1.71 bits per heavy atom. The normalized spacial score (nSPS) is 10.5. The summed E-state index contributed by atoms with van der Waals surface area (Å²) >= 11 is 0. The second-order valence-electron chi connectivity index (χ2n) is 6.14. The van der Waals surface area contributed by atoms with Gasteiger partial charge in [-0.05, 0) is 60.7 Å². The summed E-state index contributed by atoms with van der Waals surface area (Å²) in [6, 6.07) is 16.2. The molecule has 1 amide bonds. The SMILES string of the molecule is CCC(=O)c1ccc(OCC(=O)NCc2ccc(-c3ccc(F)cc3)o2)cc1. The largest absolute Gasteiger partial charge is 0.484 e. The number of carbonyl (C=O) groups is 2. The first-order chi connectivity index (χ1) is 13.5. The Morgan fingerprint density at radius 3 is 2.39 bits per heavy atom. The van der Waals surface area contributed by atoms with Crippen molar-refractivity contribution in [3.05, 3.63) is 77.8 Å². The quantitative estimate of drug-likeness (QED) is 0.588. The molecule has 0 unspecified atom stereocenters. The molecule has 0 fully saturated rings. The van der Waals surface area contributed by atoms with Crippen molar-refractivity contribution < 1.29 is 23.1 Å². The first-order valence-corrected chi connectivity index (χ1v) is 8.92. The van der Waals surface area contributed by atoms with Crippen LogP contribution in [0.2, 0.25) is 0 Å². The minimum Gasteiger partial charge on any atom is -0.484 e. The molecule has 1 heterocycles. The van der Waals surface area contributed by atoms with Crippen LogP contribution in [-0.4, -0.2) is 18.3 Å². The molecule has 5 nitrogen and oxygen atoms in total. The Bertz CT molecular complexity index is 945. The lowest BCUT2D eigenvalue weighted by molar-refractivity contribution is -0.123. The first-order valence-electron chi connectivity index (χ1n) is 8.92. The average molecular weight is 381 g/mol. The van der Waals surface area contributed by atoms with Crippen LogP contribution >= 0.6 is 0 Å². The van der Waals surface area contributed by atoms with Crippen LogP contribution in [0.4, 0.5) is 4.39 Å². The number of ether oxygens (including phenoxy) is 1. The lowest BCUT2D eigenvalue weighted by Crippen LogP contribution is -2.28. The summed E-state index contributed by atoms with van der Waals surface area (Å²) in [7, 11) is 0. The van der Waals surface area contributed by atoms with Crippen molar-refractivity contribution >= 4 is 11.7 Å². The van der Waals surface area contributed by atoms with Gasteiger partial charge in [-0.15, -0.1) is 0 Å². The number of ketones is 1. The summed E-state index contributed by atoms with van der Waals surface area (Å²) in [5, 5.41) is 2.71. The van der Waals surface area contributed by atoms with E-state index >= 15 is 0 Å². The van der Waals surface area contributed by atoms with E-state index in [0.717, 1.165) is 5.56 Å². The van der Waals surface area contributed by atoms with E-state index in [-0.39, 0.29) is 30.7 Å². The Balaban J connectivity index is 1.47. The molecule has 0 aliphatic rings. The number of carbonyl (C=O) groups excluding carboxylic acids is 2. The Kier molecular flexibility index (Phi) is 6.22. The van der Waals surface area contributed by atoms with E-state index in [1.807, 2.05) is 0 Å². The maximum Gasteiger partial charge on any atom is 0.258 e.